The summed E-state index contributed by atoms with van der Waals surface area (Å²) in [6.07, 6.45) is 10.2. The average molecular weight is 264 g/mol. The van der Waals surface area contributed by atoms with Crippen LogP contribution in [0.4, 0.5) is 0 Å². The van der Waals surface area contributed by atoms with Crippen LogP contribution in [0.3, 0.4) is 0 Å². The molecule has 0 aromatic carbocycles. The Labute approximate surface area is 119 Å². The van der Waals surface area contributed by atoms with Crippen LogP contribution < -0.4 is 5.32 Å². The van der Waals surface area contributed by atoms with Crippen molar-refractivity contribution in [1.82, 2.24) is 10.2 Å². The van der Waals surface area contributed by atoms with E-state index in [9.17, 15) is 0 Å². The van der Waals surface area contributed by atoms with Crippen molar-refractivity contribution in [2.45, 2.75) is 83.3 Å². The number of piperazine rings is 1. The third kappa shape index (κ3) is 2.85. The molecule has 0 aromatic rings. The average Bonchev–Trinajstić information content (AvgIpc) is 3.18. The second-order valence-electron chi connectivity index (χ2n) is 7.87. The summed E-state index contributed by atoms with van der Waals surface area (Å²) in [6, 6.07) is 1.53. The Morgan fingerprint density at radius 3 is 2.37 bits per heavy atom. The molecule has 2 heteroatoms. The normalized spacial score (nSPS) is 36.6. The molecular formula is C17H32N2. The predicted molar refractivity (Wildman–Crippen MR) is 81.3 cm³/mol. The van der Waals surface area contributed by atoms with Gasteiger partial charge >= 0.3 is 0 Å². The van der Waals surface area contributed by atoms with Gasteiger partial charge in [-0.1, -0.05) is 33.1 Å². The lowest BCUT2D eigenvalue weighted by atomic mass is 9.81. The third-order valence-corrected chi connectivity index (χ3v) is 6.04. The zero-order valence-electron chi connectivity index (χ0n) is 13.1. The molecule has 0 bridgehead atoms. The fourth-order valence-corrected chi connectivity index (χ4v) is 4.33. The van der Waals surface area contributed by atoms with Gasteiger partial charge in [0, 0.05) is 30.7 Å². The zero-order chi connectivity index (χ0) is 13.5. The fourth-order valence-electron chi connectivity index (χ4n) is 4.33. The molecule has 0 aromatic heterocycles. The van der Waals surface area contributed by atoms with E-state index in [-0.39, 0.29) is 0 Å². The number of hydrogen-bond donors (Lipinski definition) is 1. The lowest BCUT2D eigenvalue weighted by Crippen LogP contribution is -2.63. The molecule has 0 amide bonds. The van der Waals surface area contributed by atoms with E-state index < -0.39 is 0 Å². The maximum absolute atomic E-state index is 3.91. The topological polar surface area (TPSA) is 15.3 Å². The summed E-state index contributed by atoms with van der Waals surface area (Å²) < 4.78 is 0. The summed E-state index contributed by atoms with van der Waals surface area (Å²) in [6.45, 7) is 9.81. The van der Waals surface area contributed by atoms with E-state index in [0.717, 1.165) is 23.9 Å². The highest BCUT2D eigenvalue weighted by atomic mass is 15.3. The van der Waals surface area contributed by atoms with E-state index in [2.05, 4.69) is 31.0 Å². The number of nitrogens with zero attached hydrogens (tertiary/aromatic N) is 1. The van der Waals surface area contributed by atoms with E-state index in [1.165, 1.54) is 58.0 Å². The summed E-state index contributed by atoms with van der Waals surface area (Å²) in [5.74, 6) is 1.73. The van der Waals surface area contributed by atoms with E-state index in [1.807, 2.05) is 0 Å². The van der Waals surface area contributed by atoms with Crippen LogP contribution in [0.2, 0.25) is 0 Å². The Bertz CT molecular complexity index is 302. The molecule has 3 rings (SSSR count). The minimum absolute atomic E-state index is 0.546. The van der Waals surface area contributed by atoms with Crippen LogP contribution in [0.1, 0.15) is 65.7 Å². The first-order valence-electron chi connectivity index (χ1n) is 8.60. The second-order valence-corrected chi connectivity index (χ2v) is 7.87. The maximum Gasteiger partial charge on any atom is 0.0249 e. The van der Waals surface area contributed by atoms with Crippen molar-refractivity contribution >= 4 is 0 Å². The van der Waals surface area contributed by atoms with Crippen LogP contribution in [-0.4, -0.2) is 35.6 Å². The molecule has 2 unspecified atom stereocenters. The molecule has 2 aliphatic carbocycles. The maximum atomic E-state index is 3.91. The van der Waals surface area contributed by atoms with Gasteiger partial charge in [-0.15, -0.1) is 0 Å². The lowest BCUT2D eigenvalue weighted by Gasteiger charge is -2.48. The second kappa shape index (κ2) is 5.37. The molecule has 1 N–H and O–H groups in total. The molecule has 2 saturated carbocycles. The molecule has 1 heterocycles. The highest BCUT2D eigenvalue weighted by molar-refractivity contribution is 5.06. The highest BCUT2D eigenvalue weighted by Gasteiger charge is 2.49. The summed E-state index contributed by atoms with van der Waals surface area (Å²) in [5.41, 5.74) is 0.546. The minimum Gasteiger partial charge on any atom is -0.311 e. The molecule has 3 aliphatic rings. The van der Waals surface area contributed by atoms with Gasteiger partial charge in [-0.05, 0) is 44.4 Å². The van der Waals surface area contributed by atoms with Gasteiger partial charge in [-0.2, -0.15) is 0 Å². The Hall–Kier alpha value is -0.0800. The first-order chi connectivity index (χ1) is 9.10. The molecule has 1 saturated heterocycles. The quantitative estimate of drug-likeness (QED) is 0.840. The summed E-state index contributed by atoms with van der Waals surface area (Å²) in [4.78, 5) is 2.88. The molecular weight excluding hydrogens is 232 g/mol. The van der Waals surface area contributed by atoms with Crippen molar-refractivity contribution in [2.24, 2.45) is 11.8 Å². The smallest absolute Gasteiger partial charge is 0.0249 e. The van der Waals surface area contributed by atoms with Gasteiger partial charge in [0.1, 0.15) is 0 Å². The number of rotatable bonds is 3. The van der Waals surface area contributed by atoms with Crippen LogP contribution in [0.5, 0.6) is 0 Å². The van der Waals surface area contributed by atoms with E-state index in [0.29, 0.717) is 5.54 Å². The van der Waals surface area contributed by atoms with Gasteiger partial charge in [-0.3, -0.25) is 4.90 Å². The standard InChI is InChI=1S/C17H32N2/c1-13(2)16-11-18-15(14-7-5-4-6-8-14)12-19(16)17(3)9-10-17/h13-16,18H,4-12H2,1-3H3. The third-order valence-electron chi connectivity index (χ3n) is 6.04. The van der Waals surface area contributed by atoms with Gasteiger partial charge in [0.25, 0.3) is 0 Å². The molecule has 2 atom stereocenters. The first-order valence-corrected chi connectivity index (χ1v) is 8.60. The summed E-state index contributed by atoms with van der Waals surface area (Å²) in [7, 11) is 0. The summed E-state index contributed by atoms with van der Waals surface area (Å²) >= 11 is 0. The van der Waals surface area contributed by atoms with Crippen LogP contribution in [-0.2, 0) is 0 Å². The van der Waals surface area contributed by atoms with Crippen molar-refractivity contribution in [3.8, 4) is 0 Å². The van der Waals surface area contributed by atoms with Crippen molar-refractivity contribution < 1.29 is 0 Å². The number of hydrogen-bond acceptors (Lipinski definition) is 2. The molecule has 3 fully saturated rings. The summed E-state index contributed by atoms with van der Waals surface area (Å²) in [5, 5.41) is 3.91. The lowest BCUT2D eigenvalue weighted by molar-refractivity contribution is 0.0320. The molecule has 19 heavy (non-hydrogen) atoms. The van der Waals surface area contributed by atoms with Gasteiger partial charge in [0.05, 0.1) is 0 Å². The van der Waals surface area contributed by atoms with Crippen LogP contribution in [0.25, 0.3) is 0 Å². The largest absolute Gasteiger partial charge is 0.311 e. The molecule has 1 aliphatic heterocycles. The van der Waals surface area contributed by atoms with Crippen molar-refractivity contribution in [2.75, 3.05) is 13.1 Å². The van der Waals surface area contributed by atoms with Crippen molar-refractivity contribution in [1.29, 1.82) is 0 Å². The Kier molecular flexibility index (Phi) is 3.92. The van der Waals surface area contributed by atoms with Crippen LogP contribution in [0, 0.1) is 11.8 Å². The Morgan fingerprint density at radius 2 is 1.79 bits per heavy atom. The first kappa shape index (κ1) is 13.9. The predicted octanol–water partition coefficient (Wildman–Crippen LogP) is 3.42. The van der Waals surface area contributed by atoms with Gasteiger partial charge in [0.2, 0.25) is 0 Å². The molecule has 2 nitrogen and oxygen atoms in total. The highest BCUT2D eigenvalue weighted by Crippen LogP contribution is 2.44. The van der Waals surface area contributed by atoms with Gasteiger partial charge in [-0.25, -0.2) is 0 Å². The van der Waals surface area contributed by atoms with Crippen molar-refractivity contribution in [3.05, 3.63) is 0 Å². The van der Waals surface area contributed by atoms with Gasteiger partial charge in [0.15, 0.2) is 0 Å². The van der Waals surface area contributed by atoms with E-state index in [1.54, 1.807) is 0 Å². The van der Waals surface area contributed by atoms with E-state index in [4.69, 9.17) is 0 Å². The van der Waals surface area contributed by atoms with Crippen LogP contribution >= 0.6 is 0 Å². The Balaban J connectivity index is 1.67. The van der Waals surface area contributed by atoms with Crippen molar-refractivity contribution in [3.63, 3.8) is 0 Å². The van der Waals surface area contributed by atoms with Crippen LogP contribution in [0.15, 0.2) is 0 Å². The SMILES string of the molecule is CC(C)C1CNC(C2CCCCC2)CN1C1(C)CC1. The zero-order valence-corrected chi connectivity index (χ0v) is 13.1. The number of nitrogens with one attached hydrogen (secondary N) is 1. The fraction of sp³-hybridized carbons (Fsp3) is 1.00. The molecule has 110 valence electrons. The monoisotopic (exact) mass is 264 g/mol. The minimum atomic E-state index is 0.546. The molecule has 0 spiro atoms. The van der Waals surface area contributed by atoms with Gasteiger partial charge < -0.3 is 5.32 Å². The molecule has 0 radical (unpaired) electrons. The van der Waals surface area contributed by atoms with E-state index >= 15 is 0 Å². The Morgan fingerprint density at radius 1 is 1.11 bits per heavy atom.